The Morgan fingerprint density at radius 1 is 1.21 bits per heavy atom. The molecule has 0 aromatic heterocycles. The second kappa shape index (κ2) is 9.87. The Labute approximate surface area is 226 Å². The van der Waals surface area contributed by atoms with Crippen LogP contribution in [0.15, 0.2) is 6.07 Å². The lowest BCUT2D eigenvalue weighted by molar-refractivity contribution is -0.181. The van der Waals surface area contributed by atoms with Crippen molar-refractivity contribution in [3.8, 4) is 5.75 Å². The topological polar surface area (TPSA) is 167 Å². The third kappa shape index (κ3) is 4.60. The van der Waals surface area contributed by atoms with Crippen LogP contribution in [0.4, 0.5) is 4.39 Å². The number of halogens is 1. The van der Waals surface area contributed by atoms with Gasteiger partial charge in [-0.2, -0.15) is 0 Å². The van der Waals surface area contributed by atoms with Crippen LogP contribution in [0.25, 0.3) is 0 Å². The molecule has 39 heavy (non-hydrogen) atoms. The molecule has 3 aliphatic rings. The summed E-state index contributed by atoms with van der Waals surface area (Å²) in [5.41, 5.74) is 2.37. The average Bonchev–Trinajstić information content (AvgIpc) is 2.80. The molecular weight excluding hydrogens is 509 g/mol. The van der Waals surface area contributed by atoms with Gasteiger partial charge in [0.2, 0.25) is 5.91 Å². The van der Waals surface area contributed by atoms with Crippen molar-refractivity contribution in [2.24, 2.45) is 34.8 Å². The summed E-state index contributed by atoms with van der Waals surface area (Å²) in [5, 5.41) is 25.4. The van der Waals surface area contributed by atoms with Gasteiger partial charge in [0.1, 0.15) is 11.6 Å². The number of phenols is 1. The molecule has 2 saturated carbocycles. The fraction of sp³-hybridized carbons (Fsp3) is 0.607. The Morgan fingerprint density at radius 2 is 1.85 bits per heavy atom. The number of hydrogen-bond donors (Lipinski definition) is 4. The lowest BCUT2D eigenvalue weighted by Gasteiger charge is -2.52. The molecule has 6 atom stereocenters. The first-order valence-electron chi connectivity index (χ1n) is 13.1. The Balaban J connectivity index is 1.73. The summed E-state index contributed by atoms with van der Waals surface area (Å²) < 4.78 is 15.7. The highest BCUT2D eigenvalue weighted by molar-refractivity contribution is 6.32. The van der Waals surface area contributed by atoms with E-state index in [4.69, 9.17) is 5.73 Å². The van der Waals surface area contributed by atoms with Crippen LogP contribution in [0.2, 0.25) is 0 Å². The zero-order valence-electron chi connectivity index (χ0n) is 22.8. The maximum Gasteiger partial charge on any atom is 0.235 e. The molecule has 0 spiro atoms. The summed E-state index contributed by atoms with van der Waals surface area (Å²) >= 11 is 0. The van der Waals surface area contributed by atoms with E-state index in [9.17, 15) is 34.2 Å². The maximum atomic E-state index is 15.7. The van der Waals surface area contributed by atoms with Gasteiger partial charge in [0.05, 0.1) is 17.5 Å². The van der Waals surface area contributed by atoms with Crippen LogP contribution in [0.1, 0.15) is 55.1 Å². The van der Waals surface area contributed by atoms with Crippen molar-refractivity contribution in [1.82, 2.24) is 10.2 Å². The van der Waals surface area contributed by atoms with E-state index in [1.165, 1.54) is 19.0 Å². The van der Waals surface area contributed by atoms with Crippen molar-refractivity contribution in [2.45, 2.75) is 58.2 Å². The van der Waals surface area contributed by atoms with Crippen LogP contribution in [0, 0.1) is 34.9 Å². The maximum absolute atomic E-state index is 15.7. The second-order valence-electron chi connectivity index (χ2n) is 12.5. The number of phenolic OH excluding ortho intramolecular Hbond substituents is 1. The molecule has 0 heterocycles. The predicted molar refractivity (Wildman–Crippen MR) is 137 cm³/mol. The van der Waals surface area contributed by atoms with Crippen molar-refractivity contribution < 1.29 is 38.6 Å². The van der Waals surface area contributed by atoms with Gasteiger partial charge in [0, 0.05) is 23.6 Å². The van der Waals surface area contributed by atoms with Crippen molar-refractivity contribution in [2.75, 3.05) is 20.6 Å². The summed E-state index contributed by atoms with van der Waals surface area (Å²) in [7, 11) is 3.01. The SMILES string of the molecule is CN(C)[C@@H]1C(=O)C(C(N)=O)C(=O)[C@@]2(O)C(=O)C3C(=O)c4c(O)cc(CNCCC(C)(C)C)c(F)c4C[C@H]3C[C@@H]12. The van der Waals surface area contributed by atoms with Gasteiger partial charge >= 0.3 is 0 Å². The summed E-state index contributed by atoms with van der Waals surface area (Å²) in [5.74, 6) is -12.3. The van der Waals surface area contributed by atoms with Gasteiger partial charge in [0.25, 0.3) is 0 Å². The molecule has 0 saturated heterocycles. The van der Waals surface area contributed by atoms with Crippen molar-refractivity contribution in [3.63, 3.8) is 0 Å². The number of ketones is 4. The second-order valence-corrected chi connectivity index (χ2v) is 12.5. The number of likely N-dealkylation sites (N-methyl/N-ethyl adjacent to an activating group) is 1. The standard InChI is InChI=1S/C28H36FN3O7/c1-27(2,3)6-7-31-11-13-10-16(33)18-14(20(13)29)8-12-9-15-21(32(4)5)23(35)19(26(30)38)25(37)28(15,39)24(36)17(12)22(18)34/h10,12,15,17,19,21,31,33,39H,6-9,11H2,1-5H3,(H2,30,38)/t12-,15-,17?,19?,21-,28-/m0/s1. The fourth-order valence-electron chi connectivity index (χ4n) is 6.52. The van der Waals surface area contributed by atoms with Crippen LogP contribution < -0.4 is 11.1 Å². The third-order valence-electron chi connectivity index (χ3n) is 8.44. The first-order chi connectivity index (χ1) is 18.0. The van der Waals surface area contributed by atoms with E-state index in [1.54, 1.807) is 0 Å². The van der Waals surface area contributed by atoms with Crippen LogP contribution in [0.5, 0.6) is 5.75 Å². The monoisotopic (exact) mass is 545 g/mol. The van der Waals surface area contributed by atoms with Crippen LogP contribution >= 0.6 is 0 Å². The Morgan fingerprint density at radius 3 is 2.41 bits per heavy atom. The van der Waals surface area contributed by atoms with Gasteiger partial charge in [-0.1, -0.05) is 20.8 Å². The van der Waals surface area contributed by atoms with Crippen molar-refractivity contribution in [3.05, 3.63) is 28.6 Å². The molecule has 5 N–H and O–H groups in total. The third-order valence-corrected chi connectivity index (χ3v) is 8.44. The van der Waals surface area contributed by atoms with E-state index in [0.717, 1.165) is 12.5 Å². The zero-order chi connectivity index (χ0) is 29.2. The van der Waals surface area contributed by atoms with Gasteiger partial charge in [-0.15, -0.1) is 0 Å². The largest absolute Gasteiger partial charge is 0.507 e. The van der Waals surface area contributed by atoms with E-state index in [1.807, 2.05) is 0 Å². The first kappa shape index (κ1) is 29.0. The molecule has 1 aromatic carbocycles. The normalized spacial score (nSPS) is 30.7. The van der Waals surface area contributed by atoms with Gasteiger partial charge in [-0.3, -0.25) is 28.9 Å². The molecule has 2 unspecified atom stereocenters. The molecule has 3 aliphatic carbocycles. The number of rotatable bonds is 6. The Kier molecular flexibility index (Phi) is 7.33. The molecule has 2 fully saturated rings. The number of benzene rings is 1. The van der Waals surface area contributed by atoms with Crippen molar-refractivity contribution >= 4 is 29.0 Å². The summed E-state index contributed by atoms with van der Waals surface area (Å²) in [6.45, 7) is 6.97. The number of nitrogens with zero attached hydrogens (tertiary/aromatic N) is 1. The van der Waals surface area contributed by atoms with Gasteiger partial charge in [-0.25, -0.2) is 4.39 Å². The molecule has 1 aromatic rings. The highest BCUT2D eigenvalue weighted by Gasteiger charge is 2.69. The minimum Gasteiger partial charge on any atom is -0.507 e. The zero-order valence-corrected chi connectivity index (χ0v) is 22.8. The van der Waals surface area contributed by atoms with Crippen molar-refractivity contribution in [1.29, 1.82) is 0 Å². The fourth-order valence-corrected chi connectivity index (χ4v) is 6.52. The average molecular weight is 546 g/mol. The number of hydrogen-bond acceptors (Lipinski definition) is 9. The number of Topliss-reactive ketones (excluding diaryl/α,β-unsaturated/α-hetero) is 4. The van der Waals surface area contributed by atoms with Crippen LogP contribution in [-0.4, -0.2) is 76.4 Å². The molecule has 11 heteroatoms. The number of carbonyl (C=O) groups is 5. The number of aliphatic hydroxyl groups is 1. The number of carbonyl (C=O) groups excluding carboxylic acids is 5. The first-order valence-corrected chi connectivity index (χ1v) is 13.1. The van der Waals surface area contributed by atoms with E-state index >= 15 is 4.39 Å². The predicted octanol–water partition coefficient (Wildman–Crippen LogP) is 0.532. The molecule has 0 aliphatic heterocycles. The summed E-state index contributed by atoms with van der Waals surface area (Å²) in [6, 6.07) is -0.0556. The number of aromatic hydroxyl groups is 1. The van der Waals surface area contributed by atoms with E-state index < -0.39 is 75.9 Å². The number of primary amides is 1. The van der Waals surface area contributed by atoms with E-state index in [-0.39, 0.29) is 41.5 Å². The number of fused-ring (bicyclic) bond motifs is 3. The smallest absolute Gasteiger partial charge is 0.235 e. The van der Waals surface area contributed by atoms with Crippen LogP contribution in [0.3, 0.4) is 0 Å². The Bertz CT molecular complexity index is 1270. The Hall–Kier alpha value is -3.02. The molecule has 4 rings (SSSR count). The quantitative estimate of drug-likeness (QED) is 0.294. The van der Waals surface area contributed by atoms with Gasteiger partial charge in [-0.05, 0) is 57.3 Å². The number of nitrogens with one attached hydrogen (secondary N) is 1. The highest BCUT2D eigenvalue weighted by Crippen LogP contribution is 2.51. The lowest BCUT2D eigenvalue weighted by Crippen LogP contribution is -2.74. The van der Waals surface area contributed by atoms with Gasteiger partial charge in [0.15, 0.2) is 34.7 Å². The van der Waals surface area contributed by atoms with Gasteiger partial charge < -0.3 is 21.3 Å². The molecule has 10 nitrogen and oxygen atoms in total. The van der Waals surface area contributed by atoms with E-state index in [2.05, 4.69) is 26.1 Å². The summed E-state index contributed by atoms with van der Waals surface area (Å²) in [4.78, 5) is 67.1. The number of nitrogens with two attached hydrogens (primary N) is 1. The highest BCUT2D eigenvalue weighted by atomic mass is 19.1. The van der Waals surface area contributed by atoms with Crippen LogP contribution in [-0.2, 0) is 32.1 Å². The lowest BCUT2D eigenvalue weighted by atomic mass is 9.52. The summed E-state index contributed by atoms with van der Waals surface area (Å²) in [6.07, 6.45) is 0.598. The molecule has 1 amide bonds. The molecule has 0 radical (unpaired) electrons. The molecular formula is C28H36FN3O7. The molecule has 212 valence electrons. The minimum absolute atomic E-state index is 0.0306. The van der Waals surface area contributed by atoms with E-state index in [0.29, 0.717) is 6.54 Å². The molecule has 0 bridgehead atoms. The number of amides is 1. The minimum atomic E-state index is -2.80.